The number of aromatic nitrogens is 1. The summed E-state index contributed by atoms with van der Waals surface area (Å²) in [7, 11) is -3.67. The van der Waals surface area contributed by atoms with E-state index in [0.717, 1.165) is 18.8 Å². The molecule has 3 rings (SSSR count). The molecule has 23 heavy (non-hydrogen) atoms. The maximum Gasteiger partial charge on any atom is 0.263 e. The van der Waals surface area contributed by atoms with Crippen LogP contribution in [-0.2, 0) is 14.8 Å². The second kappa shape index (κ2) is 6.86. The molecular formula is C15H16BrN3O3S. The molecule has 6 nitrogen and oxygen atoms in total. The number of benzene rings is 1. The Morgan fingerprint density at radius 2 is 2.00 bits per heavy atom. The Balaban J connectivity index is 1.87. The van der Waals surface area contributed by atoms with Crippen LogP contribution in [0.3, 0.4) is 0 Å². The zero-order valence-corrected chi connectivity index (χ0v) is 14.7. The summed E-state index contributed by atoms with van der Waals surface area (Å²) in [5, 5.41) is 0. The van der Waals surface area contributed by atoms with Crippen molar-refractivity contribution in [2.45, 2.75) is 4.90 Å². The highest BCUT2D eigenvalue weighted by Gasteiger charge is 2.18. The van der Waals surface area contributed by atoms with Crippen molar-refractivity contribution in [1.29, 1.82) is 0 Å². The average molecular weight is 398 g/mol. The van der Waals surface area contributed by atoms with Crippen molar-refractivity contribution in [2.24, 2.45) is 0 Å². The number of hydrogen-bond donors (Lipinski definition) is 1. The van der Waals surface area contributed by atoms with Crippen LogP contribution in [0, 0.1) is 0 Å². The number of anilines is 2. The summed E-state index contributed by atoms with van der Waals surface area (Å²) < 4.78 is 33.5. The molecule has 0 spiro atoms. The number of sulfonamides is 1. The van der Waals surface area contributed by atoms with E-state index in [0.29, 0.717) is 23.4 Å². The van der Waals surface area contributed by atoms with Crippen LogP contribution >= 0.6 is 15.9 Å². The molecule has 2 heterocycles. The van der Waals surface area contributed by atoms with Gasteiger partial charge in [0.1, 0.15) is 4.90 Å². The highest BCUT2D eigenvalue weighted by Crippen LogP contribution is 2.30. The van der Waals surface area contributed by atoms with E-state index in [1.54, 1.807) is 6.07 Å². The number of pyridine rings is 1. The Hall–Kier alpha value is -1.64. The van der Waals surface area contributed by atoms with Crippen LogP contribution in [0.15, 0.2) is 52.1 Å². The van der Waals surface area contributed by atoms with Gasteiger partial charge in [-0.1, -0.05) is 0 Å². The van der Waals surface area contributed by atoms with E-state index in [1.165, 1.54) is 18.5 Å². The van der Waals surface area contributed by atoms with Crippen molar-refractivity contribution < 1.29 is 13.2 Å². The minimum atomic E-state index is -3.67. The zero-order chi connectivity index (χ0) is 16.3. The molecule has 8 heteroatoms. The molecule has 0 atom stereocenters. The minimum Gasteiger partial charge on any atom is -0.378 e. The molecule has 0 bridgehead atoms. The van der Waals surface area contributed by atoms with E-state index in [-0.39, 0.29) is 4.90 Å². The smallest absolute Gasteiger partial charge is 0.263 e. The first-order chi connectivity index (χ1) is 11.1. The zero-order valence-electron chi connectivity index (χ0n) is 12.3. The number of halogens is 1. The fourth-order valence-corrected chi connectivity index (χ4v) is 3.83. The molecule has 1 aromatic heterocycles. The SMILES string of the molecule is O=S(=O)(Nc1cc(N2CCOCC2)ccc1Br)c1cccnc1. The highest BCUT2D eigenvalue weighted by molar-refractivity contribution is 9.10. The van der Waals surface area contributed by atoms with Crippen LogP contribution in [-0.4, -0.2) is 39.7 Å². The van der Waals surface area contributed by atoms with Crippen LogP contribution in [0.25, 0.3) is 0 Å². The standard InChI is InChI=1S/C15H16BrN3O3S/c16-14-4-3-12(19-6-8-22-9-7-19)10-15(14)18-23(20,21)13-2-1-5-17-11-13/h1-5,10-11,18H,6-9H2. The van der Waals surface area contributed by atoms with Crippen molar-refractivity contribution >= 4 is 37.3 Å². The van der Waals surface area contributed by atoms with Gasteiger partial charge < -0.3 is 9.64 Å². The van der Waals surface area contributed by atoms with Gasteiger partial charge in [0.2, 0.25) is 0 Å². The number of nitrogens with one attached hydrogen (secondary N) is 1. The van der Waals surface area contributed by atoms with Gasteiger partial charge in [0.15, 0.2) is 0 Å². The molecule has 122 valence electrons. The normalized spacial score (nSPS) is 15.4. The van der Waals surface area contributed by atoms with Crippen LogP contribution in [0.4, 0.5) is 11.4 Å². The highest BCUT2D eigenvalue weighted by atomic mass is 79.9. The maximum absolute atomic E-state index is 12.4. The summed E-state index contributed by atoms with van der Waals surface area (Å²) in [5.41, 5.74) is 1.46. The Labute approximate surface area is 143 Å². The Kier molecular flexibility index (Phi) is 4.84. The summed E-state index contributed by atoms with van der Waals surface area (Å²) in [6.07, 6.45) is 2.86. The van der Waals surface area contributed by atoms with Crippen LogP contribution < -0.4 is 9.62 Å². The third-order valence-electron chi connectivity index (χ3n) is 3.52. The predicted octanol–water partition coefficient (Wildman–Crippen LogP) is 2.48. The first-order valence-corrected chi connectivity index (χ1v) is 9.39. The topological polar surface area (TPSA) is 71.5 Å². The molecule has 0 aliphatic carbocycles. The van der Waals surface area contributed by atoms with Crippen molar-refractivity contribution in [2.75, 3.05) is 35.9 Å². The van der Waals surface area contributed by atoms with Gasteiger partial charge in [-0.05, 0) is 46.3 Å². The number of morpholine rings is 1. The lowest BCUT2D eigenvalue weighted by molar-refractivity contribution is 0.122. The molecule has 1 N–H and O–H groups in total. The molecule has 0 radical (unpaired) electrons. The Morgan fingerprint density at radius 3 is 2.70 bits per heavy atom. The Morgan fingerprint density at radius 1 is 1.22 bits per heavy atom. The van der Waals surface area contributed by atoms with E-state index in [4.69, 9.17) is 4.74 Å². The average Bonchev–Trinajstić information content (AvgIpc) is 2.58. The van der Waals surface area contributed by atoms with Gasteiger partial charge in [-0.15, -0.1) is 0 Å². The predicted molar refractivity (Wildman–Crippen MR) is 92.2 cm³/mol. The van der Waals surface area contributed by atoms with Crippen molar-refractivity contribution in [1.82, 2.24) is 4.98 Å². The van der Waals surface area contributed by atoms with Gasteiger partial charge in [-0.25, -0.2) is 8.42 Å². The van der Waals surface area contributed by atoms with Gasteiger partial charge in [0.25, 0.3) is 10.0 Å². The molecule has 1 fully saturated rings. The van der Waals surface area contributed by atoms with E-state index in [2.05, 4.69) is 30.5 Å². The lowest BCUT2D eigenvalue weighted by Crippen LogP contribution is -2.36. The molecule has 1 aliphatic rings. The van der Waals surface area contributed by atoms with Crippen molar-refractivity contribution in [3.8, 4) is 0 Å². The summed E-state index contributed by atoms with van der Waals surface area (Å²) in [6, 6.07) is 8.72. The van der Waals surface area contributed by atoms with E-state index in [1.807, 2.05) is 18.2 Å². The van der Waals surface area contributed by atoms with Crippen LogP contribution in [0.2, 0.25) is 0 Å². The number of rotatable bonds is 4. The fraction of sp³-hybridized carbons (Fsp3) is 0.267. The molecule has 0 saturated carbocycles. The second-order valence-electron chi connectivity index (χ2n) is 5.06. The summed E-state index contributed by atoms with van der Waals surface area (Å²) in [5.74, 6) is 0. The first-order valence-electron chi connectivity index (χ1n) is 7.11. The number of hydrogen-bond acceptors (Lipinski definition) is 5. The van der Waals surface area contributed by atoms with Gasteiger partial charge in [0.05, 0.1) is 18.9 Å². The van der Waals surface area contributed by atoms with Gasteiger partial charge in [-0.2, -0.15) is 0 Å². The minimum absolute atomic E-state index is 0.128. The first kappa shape index (κ1) is 16.2. The quantitative estimate of drug-likeness (QED) is 0.857. The van der Waals surface area contributed by atoms with Crippen molar-refractivity contribution in [3.63, 3.8) is 0 Å². The maximum atomic E-state index is 12.4. The number of nitrogens with zero attached hydrogens (tertiary/aromatic N) is 2. The van der Waals surface area contributed by atoms with Crippen molar-refractivity contribution in [3.05, 3.63) is 47.2 Å². The molecular weight excluding hydrogens is 382 g/mol. The molecule has 0 amide bonds. The summed E-state index contributed by atoms with van der Waals surface area (Å²) >= 11 is 3.39. The van der Waals surface area contributed by atoms with Crippen LogP contribution in [0.5, 0.6) is 0 Å². The van der Waals surface area contributed by atoms with E-state index >= 15 is 0 Å². The second-order valence-corrected chi connectivity index (χ2v) is 7.59. The fourth-order valence-electron chi connectivity index (χ4n) is 2.32. The molecule has 1 saturated heterocycles. The third kappa shape index (κ3) is 3.82. The van der Waals surface area contributed by atoms with Gasteiger partial charge in [0, 0.05) is 35.6 Å². The van der Waals surface area contributed by atoms with E-state index in [9.17, 15) is 8.42 Å². The molecule has 0 unspecified atom stereocenters. The number of ether oxygens (including phenoxy) is 1. The lowest BCUT2D eigenvalue weighted by Gasteiger charge is -2.29. The molecule has 1 aliphatic heterocycles. The monoisotopic (exact) mass is 397 g/mol. The lowest BCUT2D eigenvalue weighted by atomic mass is 10.2. The third-order valence-corrected chi connectivity index (χ3v) is 5.56. The van der Waals surface area contributed by atoms with E-state index < -0.39 is 10.0 Å². The van der Waals surface area contributed by atoms with Crippen LogP contribution in [0.1, 0.15) is 0 Å². The summed E-state index contributed by atoms with van der Waals surface area (Å²) in [4.78, 5) is 6.15. The molecule has 2 aromatic rings. The Bertz CT molecular complexity index is 778. The molecule has 1 aromatic carbocycles. The van der Waals surface area contributed by atoms with Gasteiger partial charge >= 0.3 is 0 Å². The largest absolute Gasteiger partial charge is 0.378 e. The summed E-state index contributed by atoms with van der Waals surface area (Å²) in [6.45, 7) is 2.92. The van der Waals surface area contributed by atoms with Gasteiger partial charge in [-0.3, -0.25) is 9.71 Å².